The van der Waals surface area contributed by atoms with Gasteiger partial charge in [-0.25, -0.2) is 0 Å². The van der Waals surface area contributed by atoms with Crippen molar-refractivity contribution in [2.45, 2.75) is 31.8 Å². The summed E-state index contributed by atoms with van der Waals surface area (Å²) in [5.41, 5.74) is 1.38. The minimum atomic E-state index is 0.515. The normalized spacial score (nSPS) is 17.1. The standard InChI is InChI=1S/C19H32BrN5/c1-21-19(22-11-4-12-24(2)3)23-18-9-13-25(14-10-18)15-16-5-7-17(20)8-6-16/h5-8,18H,4,9-15H2,1-3H3,(H2,21,22,23). The zero-order valence-electron chi connectivity index (χ0n) is 15.8. The SMILES string of the molecule is CN=C(NCCCN(C)C)NC1CCN(Cc2ccc(Br)cc2)CC1. The number of piperidine rings is 1. The minimum Gasteiger partial charge on any atom is -0.356 e. The molecule has 1 aliphatic rings. The van der Waals surface area contributed by atoms with Crippen LogP contribution in [0.25, 0.3) is 0 Å². The van der Waals surface area contributed by atoms with Crippen LogP contribution < -0.4 is 10.6 Å². The van der Waals surface area contributed by atoms with Gasteiger partial charge in [-0.05, 0) is 57.6 Å². The summed E-state index contributed by atoms with van der Waals surface area (Å²) in [6.45, 7) is 5.35. The summed E-state index contributed by atoms with van der Waals surface area (Å²) >= 11 is 3.50. The second kappa shape index (κ2) is 10.8. The Morgan fingerprint density at radius 2 is 1.92 bits per heavy atom. The van der Waals surface area contributed by atoms with Crippen LogP contribution in [-0.2, 0) is 6.54 Å². The molecule has 0 aliphatic carbocycles. The van der Waals surface area contributed by atoms with Crippen LogP contribution in [0.3, 0.4) is 0 Å². The average Bonchev–Trinajstić information content (AvgIpc) is 2.61. The summed E-state index contributed by atoms with van der Waals surface area (Å²) in [6.07, 6.45) is 3.45. The maximum absolute atomic E-state index is 4.36. The Hall–Kier alpha value is -1.11. The smallest absolute Gasteiger partial charge is 0.191 e. The van der Waals surface area contributed by atoms with E-state index in [1.807, 2.05) is 7.05 Å². The second-order valence-electron chi connectivity index (χ2n) is 6.98. The van der Waals surface area contributed by atoms with Crippen LogP contribution in [0.15, 0.2) is 33.7 Å². The molecule has 0 bridgehead atoms. The highest BCUT2D eigenvalue weighted by Gasteiger charge is 2.19. The lowest BCUT2D eigenvalue weighted by atomic mass is 10.0. The number of likely N-dealkylation sites (tertiary alicyclic amines) is 1. The molecule has 1 aromatic carbocycles. The topological polar surface area (TPSA) is 42.9 Å². The lowest BCUT2D eigenvalue weighted by Crippen LogP contribution is -2.48. The molecule has 1 saturated heterocycles. The number of benzene rings is 1. The first-order chi connectivity index (χ1) is 12.1. The highest BCUT2D eigenvalue weighted by atomic mass is 79.9. The van der Waals surface area contributed by atoms with Crippen LogP contribution in [-0.4, -0.2) is 69.1 Å². The second-order valence-corrected chi connectivity index (χ2v) is 7.89. The Morgan fingerprint density at radius 3 is 2.52 bits per heavy atom. The van der Waals surface area contributed by atoms with Gasteiger partial charge in [0.1, 0.15) is 0 Å². The molecule has 5 nitrogen and oxygen atoms in total. The first kappa shape index (κ1) is 20.2. The fourth-order valence-electron chi connectivity index (χ4n) is 3.07. The van der Waals surface area contributed by atoms with Gasteiger partial charge in [-0.2, -0.15) is 0 Å². The maximum Gasteiger partial charge on any atom is 0.191 e. The van der Waals surface area contributed by atoms with Crippen LogP contribution in [0.2, 0.25) is 0 Å². The minimum absolute atomic E-state index is 0.515. The molecule has 0 radical (unpaired) electrons. The molecule has 1 aliphatic heterocycles. The average molecular weight is 410 g/mol. The number of rotatable bonds is 7. The van der Waals surface area contributed by atoms with E-state index in [0.717, 1.165) is 62.4 Å². The highest BCUT2D eigenvalue weighted by molar-refractivity contribution is 9.10. The summed E-state index contributed by atoms with van der Waals surface area (Å²) < 4.78 is 1.14. The summed E-state index contributed by atoms with van der Waals surface area (Å²) in [6, 6.07) is 9.16. The quantitative estimate of drug-likeness (QED) is 0.412. The summed E-state index contributed by atoms with van der Waals surface area (Å²) in [5.74, 6) is 0.935. The van der Waals surface area contributed by atoms with Crippen molar-refractivity contribution < 1.29 is 0 Å². The molecule has 140 valence electrons. The van der Waals surface area contributed by atoms with Gasteiger partial charge in [-0.15, -0.1) is 0 Å². The predicted molar refractivity (Wildman–Crippen MR) is 110 cm³/mol. The van der Waals surface area contributed by atoms with Crippen molar-refractivity contribution in [1.29, 1.82) is 0 Å². The molecule has 0 spiro atoms. The van der Waals surface area contributed by atoms with Crippen molar-refractivity contribution in [2.75, 3.05) is 47.3 Å². The molecule has 1 aromatic rings. The molecule has 0 unspecified atom stereocenters. The zero-order chi connectivity index (χ0) is 18.1. The molecule has 0 saturated carbocycles. The van der Waals surface area contributed by atoms with Crippen molar-refractivity contribution in [2.24, 2.45) is 4.99 Å². The first-order valence-electron chi connectivity index (χ1n) is 9.15. The fraction of sp³-hybridized carbons (Fsp3) is 0.632. The van der Waals surface area contributed by atoms with Crippen molar-refractivity contribution in [3.8, 4) is 0 Å². The van der Waals surface area contributed by atoms with E-state index in [-0.39, 0.29) is 0 Å². The number of aliphatic imine (C=N–C) groups is 1. The lowest BCUT2D eigenvalue weighted by Gasteiger charge is -2.33. The Morgan fingerprint density at radius 1 is 1.24 bits per heavy atom. The molecular formula is C19H32BrN5. The van der Waals surface area contributed by atoms with Gasteiger partial charge in [0.05, 0.1) is 0 Å². The summed E-state index contributed by atoms with van der Waals surface area (Å²) in [7, 11) is 6.06. The van der Waals surface area contributed by atoms with E-state index in [4.69, 9.17) is 0 Å². The molecule has 0 aromatic heterocycles. The van der Waals surface area contributed by atoms with Crippen molar-refractivity contribution in [3.05, 3.63) is 34.3 Å². The van der Waals surface area contributed by atoms with E-state index in [9.17, 15) is 0 Å². The van der Waals surface area contributed by atoms with Gasteiger partial charge in [-0.3, -0.25) is 9.89 Å². The largest absolute Gasteiger partial charge is 0.356 e. The van der Waals surface area contributed by atoms with Gasteiger partial charge in [0.25, 0.3) is 0 Å². The monoisotopic (exact) mass is 409 g/mol. The maximum atomic E-state index is 4.36. The Balaban J connectivity index is 1.67. The van der Waals surface area contributed by atoms with Crippen LogP contribution in [0.5, 0.6) is 0 Å². The molecule has 6 heteroatoms. The molecule has 0 atom stereocenters. The van der Waals surface area contributed by atoms with Gasteiger partial charge in [0.15, 0.2) is 5.96 Å². The van der Waals surface area contributed by atoms with Crippen LogP contribution >= 0.6 is 15.9 Å². The number of hydrogen-bond donors (Lipinski definition) is 2. The van der Waals surface area contributed by atoms with E-state index in [1.54, 1.807) is 0 Å². The number of guanidine groups is 1. The molecule has 2 rings (SSSR count). The van der Waals surface area contributed by atoms with E-state index in [1.165, 1.54) is 5.56 Å². The van der Waals surface area contributed by atoms with Crippen molar-refractivity contribution in [3.63, 3.8) is 0 Å². The molecule has 25 heavy (non-hydrogen) atoms. The lowest BCUT2D eigenvalue weighted by molar-refractivity contribution is 0.198. The van der Waals surface area contributed by atoms with Gasteiger partial charge < -0.3 is 15.5 Å². The van der Waals surface area contributed by atoms with Crippen LogP contribution in [0, 0.1) is 0 Å². The third-order valence-corrected chi connectivity index (χ3v) is 5.07. The third kappa shape index (κ3) is 7.75. The third-order valence-electron chi connectivity index (χ3n) is 4.55. The Labute approximate surface area is 161 Å². The van der Waals surface area contributed by atoms with Crippen molar-refractivity contribution >= 4 is 21.9 Å². The Bertz CT molecular complexity index is 521. The van der Waals surface area contributed by atoms with Crippen molar-refractivity contribution in [1.82, 2.24) is 20.4 Å². The van der Waals surface area contributed by atoms with Gasteiger partial charge in [0, 0.05) is 43.7 Å². The zero-order valence-corrected chi connectivity index (χ0v) is 17.3. The molecule has 1 heterocycles. The number of hydrogen-bond acceptors (Lipinski definition) is 3. The van der Waals surface area contributed by atoms with E-state index >= 15 is 0 Å². The molecule has 0 amide bonds. The van der Waals surface area contributed by atoms with Gasteiger partial charge in [0.2, 0.25) is 0 Å². The van der Waals surface area contributed by atoms with Crippen LogP contribution in [0.1, 0.15) is 24.8 Å². The Kier molecular flexibility index (Phi) is 8.72. The molecule has 2 N–H and O–H groups in total. The van der Waals surface area contributed by atoms with Gasteiger partial charge >= 0.3 is 0 Å². The summed E-state index contributed by atoms with van der Waals surface area (Å²) in [4.78, 5) is 9.10. The van der Waals surface area contributed by atoms with Gasteiger partial charge in [-0.1, -0.05) is 28.1 Å². The van der Waals surface area contributed by atoms with E-state index in [2.05, 4.69) is 79.7 Å². The van der Waals surface area contributed by atoms with E-state index < -0.39 is 0 Å². The number of nitrogens with zero attached hydrogens (tertiary/aromatic N) is 3. The first-order valence-corrected chi connectivity index (χ1v) is 9.95. The summed E-state index contributed by atoms with van der Waals surface area (Å²) in [5, 5.41) is 7.00. The van der Waals surface area contributed by atoms with Crippen LogP contribution in [0.4, 0.5) is 0 Å². The fourth-order valence-corrected chi connectivity index (χ4v) is 3.34. The molecule has 1 fully saturated rings. The molecular weight excluding hydrogens is 378 g/mol. The van der Waals surface area contributed by atoms with E-state index in [0.29, 0.717) is 6.04 Å². The predicted octanol–water partition coefficient (Wildman–Crippen LogP) is 2.53. The number of halogens is 1. The number of nitrogens with one attached hydrogen (secondary N) is 2. The highest BCUT2D eigenvalue weighted by Crippen LogP contribution is 2.16.